The van der Waals surface area contributed by atoms with Crippen LogP contribution in [0.3, 0.4) is 0 Å². The van der Waals surface area contributed by atoms with Crippen LogP contribution in [0.2, 0.25) is 5.02 Å². The Kier molecular flexibility index (Phi) is 5.79. The van der Waals surface area contributed by atoms with E-state index in [-0.39, 0.29) is 18.2 Å². The molecule has 0 spiro atoms. The average molecular weight is 454 g/mol. The van der Waals surface area contributed by atoms with Crippen LogP contribution in [0.25, 0.3) is 0 Å². The van der Waals surface area contributed by atoms with Crippen molar-refractivity contribution in [3.63, 3.8) is 0 Å². The minimum absolute atomic E-state index is 0.172. The molecule has 2 heterocycles. The fourth-order valence-corrected chi connectivity index (χ4v) is 4.49. The molecule has 1 atom stereocenters. The maximum atomic E-state index is 12.9. The molecule has 0 aliphatic carbocycles. The van der Waals surface area contributed by atoms with E-state index in [1.165, 1.54) is 24.3 Å². The van der Waals surface area contributed by atoms with Gasteiger partial charge in [-0.2, -0.15) is 0 Å². The number of nitrogens with zero attached hydrogens (tertiary/aromatic N) is 3. The summed E-state index contributed by atoms with van der Waals surface area (Å²) in [6, 6.07) is 9.90. The summed E-state index contributed by atoms with van der Waals surface area (Å²) >= 11 is 6.49. The summed E-state index contributed by atoms with van der Waals surface area (Å²) in [5.74, 6) is -0.462. The fourth-order valence-electron chi connectivity index (χ4n) is 4.17. The molecule has 166 valence electrons. The number of anilines is 1. The van der Waals surface area contributed by atoms with Gasteiger partial charge in [0.05, 0.1) is 10.6 Å². The van der Waals surface area contributed by atoms with E-state index in [0.717, 1.165) is 30.8 Å². The number of ether oxygens (including phenoxy) is 1. The molecule has 2 aliphatic rings. The molecule has 0 radical (unpaired) electrons. The Morgan fingerprint density at radius 1 is 1.19 bits per heavy atom. The molecule has 1 amide bonds. The zero-order valence-electron chi connectivity index (χ0n) is 17.2. The summed E-state index contributed by atoms with van der Waals surface area (Å²) < 4.78 is 40.9. The zero-order valence-corrected chi connectivity index (χ0v) is 18.0. The Morgan fingerprint density at radius 2 is 1.90 bits per heavy atom. The van der Waals surface area contributed by atoms with E-state index in [1.54, 1.807) is 4.90 Å². The lowest BCUT2D eigenvalue weighted by Gasteiger charge is -2.22. The van der Waals surface area contributed by atoms with E-state index in [1.807, 2.05) is 12.1 Å². The SMILES string of the molecule is CN(C)[C@@H]1CCN(c2cc(Cl)c3c(c2)CN(Cc2ccc(OC(F)(F)F)cc2)C3=O)C1. The third-order valence-electron chi connectivity index (χ3n) is 5.81. The standard InChI is InChI=1S/C22H23ClF3N3O2/c1-27(2)16-7-8-28(13-16)17-9-15-12-29(21(30)20(15)19(23)10-17)11-14-3-5-18(6-4-14)31-22(24,25)26/h3-6,9-10,16H,7-8,11-13H2,1-2H3/t16-/m1/s1. The number of carbonyl (C=O) groups is 1. The predicted octanol–water partition coefficient (Wildman–Crippen LogP) is 4.53. The van der Waals surface area contributed by atoms with Crippen molar-refractivity contribution < 1.29 is 22.7 Å². The molecular weight excluding hydrogens is 431 g/mol. The van der Waals surface area contributed by atoms with Crippen molar-refractivity contribution in [2.24, 2.45) is 0 Å². The van der Waals surface area contributed by atoms with Crippen molar-refractivity contribution in [2.45, 2.75) is 31.9 Å². The van der Waals surface area contributed by atoms with Crippen LogP contribution in [0, 0.1) is 0 Å². The van der Waals surface area contributed by atoms with Crippen molar-refractivity contribution >= 4 is 23.2 Å². The Morgan fingerprint density at radius 3 is 2.52 bits per heavy atom. The van der Waals surface area contributed by atoms with Gasteiger partial charge in [0.2, 0.25) is 0 Å². The number of likely N-dealkylation sites (N-methyl/N-ethyl adjacent to an activating group) is 1. The van der Waals surface area contributed by atoms with Crippen molar-refractivity contribution in [1.82, 2.24) is 9.80 Å². The number of hydrogen-bond acceptors (Lipinski definition) is 4. The Labute approximate surface area is 183 Å². The molecule has 9 heteroatoms. The van der Waals surface area contributed by atoms with Gasteiger partial charge in [-0.25, -0.2) is 0 Å². The lowest BCUT2D eigenvalue weighted by molar-refractivity contribution is -0.274. The molecule has 4 rings (SSSR count). The van der Waals surface area contributed by atoms with Gasteiger partial charge in [0.25, 0.3) is 5.91 Å². The van der Waals surface area contributed by atoms with Crippen molar-refractivity contribution in [3.8, 4) is 5.75 Å². The largest absolute Gasteiger partial charge is 0.573 e. The second-order valence-corrected chi connectivity index (χ2v) is 8.57. The van der Waals surface area contributed by atoms with Crippen molar-refractivity contribution in [3.05, 3.63) is 58.1 Å². The van der Waals surface area contributed by atoms with Crippen LogP contribution in [0.4, 0.5) is 18.9 Å². The van der Waals surface area contributed by atoms with Crippen LogP contribution in [0.15, 0.2) is 36.4 Å². The van der Waals surface area contributed by atoms with Gasteiger partial charge in [-0.15, -0.1) is 13.2 Å². The number of fused-ring (bicyclic) bond motifs is 1. The quantitative estimate of drug-likeness (QED) is 0.666. The normalized spacial score (nSPS) is 18.8. The lowest BCUT2D eigenvalue weighted by atomic mass is 10.1. The minimum Gasteiger partial charge on any atom is -0.406 e. The summed E-state index contributed by atoms with van der Waals surface area (Å²) in [5, 5.41) is 0.433. The van der Waals surface area contributed by atoms with Gasteiger partial charge in [0.15, 0.2) is 0 Å². The fraction of sp³-hybridized carbons (Fsp3) is 0.409. The van der Waals surface area contributed by atoms with Crippen LogP contribution in [0.5, 0.6) is 5.75 Å². The highest BCUT2D eigenvalue weighted by Crippen LogP contribution is 2.36. The third kappa shape index (κ3) is 4.75. The smallest absolute Gasteiger partial charge is 0.406 e. The second-order valence-electron chi connectivity index (χ2n) is 8.17. The first-order valence-electron chi connectivity index (χ1n) is 9.98. The Bertz CT molecular complexity index is 979. The van der Waals surface area contributed by atoms with Crippen molar-refractivity contribution in [2.75, 3.05) is 32.1 Å². The van der Waals surface area contributed by atoms with Crippen molar-refractivity contribution in [1.29, 1.82) is 0 Å². The topological polar surface area (TPSA) is 36.0 Å². The number of amides is 1. The Hall–Kier alpha value is -2.45. The minimum atomic E-state index is -4.73. The van der Waals surface area contributed by atoms with Gasteiger partial charge >= 0.3 is 6.36 Å². The number of hydrogen-bond donors (Lipinski definition) is 0. The highest BCUT2D eigenvalue weighted by Gasteiger charge is 2.33. The van der Waals surface area contributed by atoms with Gasteiger partial charge in [0, 0.05) is 37.9 Å². The van der Waals surface area contributed by atoms with Crippen LogP contribution < -0.4 is 9.64 Å². The molecule has 0 saturated carbocycles. The third-order valence-corrected chi connectivity index (χ3v) is 6.11. The molecular formula is C22H23ClF3N3O2. The van der Waals surface area contributed by atoms with Gasteiger partial charge in [-0.1, -0.05) is 23.7 Å². The predicted molar refractivity (Wildman–Crippen MR) is 112 cm³/mol. The molecule has 2 aromatic rings. The van der Waals surface area contributed by atoms with Gasteiger partial charge < -0.3 is 19.4 Å². The number of benzene rings is 2. The maximum Gasteiger partial charge on any atom is 0.573 e. The molecule has 2 aromatic carbocycles. The van der Waals surface area contributed by atoms with E-state index < -0.39 is 6.36 Å². The number of halogens is 4. The molecule has 2 aliphatic heterocycles. The molecule has 1 saturated heterocycles. The molecule has 0 bridgehead atoms. The van der Waals surface area contributed by atoms with E-state index in [4.69, 9.17) is 11.6 Å². The summed E-state index contributed by atoms with van der Waals surface area (Å²) in [6.45, 7) is 2.53. The zero-order chi connectivity index (χ0) is 22.3. The summed E-state index contributed by atoms with van der Waals surface area (Å²) in [7, 11) is 4.14. The highest BCUT2D eigenvalue weighted by molar-refractivity contribution is 6.34. The van der Waals surface area contributed by atoms with E-state index in [9.17, 15) is 18.0 Å². The lowest BCUT2D eigenvalue weighted by Crippen LogP contribution is -2.31. The van der Waals surface area contributed by atoms with Gasteiger partial charge in [0.1, 0.15) is 5.75 Å². The first-order chi connectivity index (χ1) is 14.6. The van der Waals surface area contributed by atoms with Crippen LogP contribution >= 0.6 is 11.6 Å². The number of carbonyl (C=O) groups excluding carboxylic acids is 1. The summed E-state index contributed by atoms with van der Waals surface area (Å²) in [6.07, 6.45) is -3.66. The van der Waals surface area contributed by atoms with Gasteiger partial charge in [-0.05, 0) is 55.9 Å². The van der Waals surface area contributed by atoms with Crippen LogP contribution in [-0.2, 0) is 13.1 Å². The van der Waals surface area contributed by atoms with Crippen LogP contribution in [-0.4, -0.2) is 55.3 Å². The molecule has 5 nitrogen and oxygen atoms in total. The highest BCUT2D eigenvalue weighted by atomic mass is 35.5. The molecule has 0 N–H and O–H groups in total. The maximum absolute atomic E-state index is 12.9. The molecule has 1 fully saturated rings. The average Bonchev–Trinajstić information content (AvgIpc) is 3.28. The van der Waals surface area contributed by atoms with Gasteiger partial charge in [-0.3, -0.25) is 4.79 Å². The summed E-state index contributed by atoms with van der Waals surface area (Å²) in [5.41, 5.74) is 3.10. The van der Waals surface area contributed by atoms with Crippen LogP contribution in [0.1, 0.15) is 27.9 Å². The monoisotopic (exact) mass is 453 g/mol. The number of alkyl halides is 3. The van der Waals surface area contributed by atoms with E-state index >= 15 is 0 Å². The molecule has 31 heavy (non-hydrogen) atoms. The second kappa shape index (κ2) is 8.24. The first-order valence-corrected chi connectivity index (χ1v) is 10.4. The first kappa shape index (κ1) is 21.8. The van der Waals surface area contributed by atoms with E-state index in [0.29, 0.717) is 28.7 Å². The number of rotatable bonds is 5. The molecule has 0 aromatic heterocycles. The van der Waals surface area contributed by atoms with E-state index in [2.05, 4.69) is 28.6 Å². The Balaban J connectivity index is 1.47. The summed E-state index contributed by atoms with van der Waals surface area (Å²) in [4.78, 5) is 19.0. The molecule has 0 unspecified atom stereocenters.